The Hall–Kier alpha value is -1.07. The Balaban J connectivity index is 4.42. The summed E-state index contributed by atoms with van der Waals surface area (Å²) in [6.07, 6.45) is 0. The number of likely N-dealkylation sites (N-methyl/N-ethyl adjacent to an activating group) is 1. The summed E-state index contributed by atoms with van der Waals surface area (Å²) in [6, 6.07) is 0. The van der Waals surface area contributed by atoms with Gasteiger partial charge in [-0.2, -0.15) is 4.76 Å². The number of hydrogen-bond acceptors (Lipinski definition) is 2. The van der Waals surface area contributed by atoms with Crippen molar-refractivity contribution in [2.24, 2.45) is 10.5 Å². The zero-order valence-electron chi connectivity index (χ0n) is 7.34. The minimum atomic E-state index is -3.59. The molecule has 0 amide bonds. The summed E-state index contributed by atoms with van der Waals surface area (Å²) >= 11 is 0. The van der Waals surface area contributed by atoms with E-state index in [4.69, 9.17) is 15.7 Å². The molecule has 4 N–H and O–H groups in total. The molecule has 0 saturated heterocycles. The predicted octanol–water partition coefficient (Wildman–Crippen LogP) is -0.867. The van der Waals surface area contributed by atoms with Crippen molar-refractivity contribution in [1.29, 1.82) is 0 Å². The number of carboxylic acids is 1. The van der Waals surface area contributed by atoms with E-state index in [2.05, 4.69) is 4.76 Å². The van der Waals surface area contributed by atoms with Crippen LogP contribution in [0.4, 0.5) is 0 Å². The molecule has 0 fully saturated rings. The lowest BCUT2D eigenvalue weighted by molar-refractivity contribution is -0.137. The highest BCUT2D eigenvalue weighted by molar-refractivity contribution is 7.55. The van der Waals surface area contributed by atoms with Gasteiger partial charge in [0.2, 0.25) is 0 Å². The molecule has 0 bridgehead atoms. The summed E-state index contributed by atoms with van der Waals surface area (Å²) < 4.78 is 14.0. The lowest BCUT2D eigenvalue weighted by Gasteiger charge is -2.15. The first-order valence-electron chi connectivity index (χ1n) is 3.31. The molecule has 0 aromatic heterocycles. The minimum absolute atomic E-state index is 0.268. The maximum atomic E-state index is 10.7. The summed E-state index contributed by atoms with van der Waals surface area (Å²) in [7, 11) is -2.23. The number of carbonyl (C=O) groups is 1. The van der Waals surface area contributed by atoms with Crippen LogP contribution in [-0.2, 0) is 9.36 Å². The van der Waals surface area contributed by atoms with Gasteiger partial charge < -0.3 is 20.6 Å². The average Bonchev–Trinajstić information content (AvgIpc) is 1.81. The quantitative estimate of drug-likeness (QED) is 0.316. The van der Waals surface area contributed by atoms with Crippen LogP contribution in [0.5, 0.6) is 0 Å². The van der Waals surface area contributed by atoms with Crippen molar-refractivity contribution in [3.8, 4) is 0 Å². The van der Waals surface area contributed by atoms with Gasteiger partial charge in [0, 0.05) is 13.7 Å². The third kappa shape index (κ3) is 6.12. The summed E-state index contributed by atoms with van der Waals surface area (Å²) in [5.41, 5.74) is 5.23. The van der Waals surface area contributed by atoms with Crippen molar-refractivity contribution in [3.63, 3.8) is 0 Å². The lowest BCUT2D eigenvalue weighted by Crippen LogP contribution is -2.37. The van der Waals surface area contributed by atoms with E-state index in [1.54, 1.807) is 0 Å². The number of nitrogens with two attached hydrogens (primary N) is 1. The number of aliphatic carboxylic acids is 1. The van der Waals surface area contributed by atoms with Crippen LogP contribution in [0.1, 0.15) is 0 Å². The smallest absolute Gasteiger partial charge is 0.323 e. The van der Waals surface area contributed by atoms with Gasteiger partial charge in [0.05, 0.1) is 0 Å². The van der Waals surface area contributed by atoms with Crippen molar-refractivity contribution >= 4 is 19.4 Å². The molecule has 0 aliphatic rings. The van der Waals surface area contributed by atoms with E-state index in [9.17, 15) is 9.36 Å². The number of guanidine groups is 1. The van der Waals surface area contributed by atoms with Crippen LogP contribution >= 0.6 is 7.52 Å². The van der Waals surface area contributed by atoms with Gasteiger partial charge in [-0.3, -0.25) is 9.36 Å². The first-order valence-corrected chi connectivity index (χ1v) is 5.37. The van der Waals surface area contributed by atoms with Crippen molar-refractivity contribution in [2.45, 2.75) is 0 Å². The van der Waals surface area contributed by atoms with Crippen LogP contribution in [0.2, 0.25) is 0 Å². The van der Waals surface area contributed by atoms with Crippen molar-refractivity contribution < 1.29 is 19.4 Å². The highest BCUT2D eigenvalue weighted by Gasteiger charge is 2.12. The van der Waals surface area contributed by atoms with Gasteiger partial charge in [0.25, 0.3) is 0 Å². The van der Waals surface area contributed by atoms with Crippen LogP contribution in [-0.4, -0.2) is 47.1 Å². The van der Waals surface area contributed by atoms with E-state index in [0.717, 1.165) is 11.6 Å². The van der Waals surface area contributed by atoms with E-state index in [1.807, 2.05) is 0 Å². The molecule has 0 aliphatic carbocycles. The first kappa shape index (κ1) is 11.9. The fourth-order valence-corrected chi connectivity index (χ4v) is 1.08. The Morgan fingerprint density at radius 3 is 2.46 bits per heavy atom. The molecule has 0 aromatic carbocycles. The normalized spacial score (nSPS) is 16.4. The largest absolute Gasteiger partial charge is 0.480 e. The monoisotopic (exact) mass is 209 g/mol. The fourth-order valence-electron chi connectivity index (χ4n) is 0.550. The number of carboxylic acid groups (broad SMARTS) is 1. The van der Waals surface area contributed by atoms with E-state index in [0.29, 0.717) is 0 Å². The highest BCUT2D eigenvalue weighted by atomic mass is 31.2. The van der Waals surface area contributed by atoms with Gasteiger partial charge in [0.15, 0.2) is 5.96 Å². The molecular formula is C5H12N3O4P. The Bertz CT molecular complexity index is 271. The molecular weight excluding hydrogens is 197 g/mol. The van der Waals surface area contributed by atoms with Crippen LogP contribution in [0, 0.1) is 0 Å². The number of hydrogen-bond donors (Lipinski definition) is 3. The van der Waals surface area contributed by atoms with Gasteiger partial charge in [-0.25, -0.2) is 0 Å². The maximum Gasteiger partial charge on any atom is 0.323 e. The Morgan fingerprint density at radius 1 is 1.69 bits per heavy atom. The molecule has 7 nitrogen and oxygen atoms in total. The van der Waals surface area contributed by atoms with Crippen LogP contribution in [0.25, 0.3) is 0 Å². The van der Waals surface area contributed by atoms with Crippen LogP contribution < -0.4 is 5.73 Å². The highest BCUT2D eigenvalue weighted by Crippen LogP contribution is 2.36. The van der Waals surface area contributed by atoms with Gasteiger partial charge in [-0.1, -0.05) is 0 Å². The van der Waals surface area contributed by atoms with E-state index in [-0.39, 0.29) is 12.5 Å². The van der Waals surface area contributed by atoms with Gasteiger partial charge in [-0.05, 0) is 0 Å². The molecule has 13 heavy (non-hydrogen) atoms. The molecule has 0 aromatic rings. The average molecular weight is 209 g/mol. The lowest BCUT2D eigenvalue weighted by atomic mass is 10.6. The molecule has 0 rings (SSSR count). The SMILES string of the molecule is CN(CC(=O)O)/C(N)=N/P(C)(=O)O. The number of nitrogens with zero attached hydrogens (tertiary/aromatic N) is 2. The topological polar surface area (TPSA) is 116 Å². The summed E-state index contributed by atoms with van der Waals surface area (Å²) in [5, 5.41) is 8.35. The minimum Gasteiger partial charge on any atom is -0.480 e. The Labute approximate surface area is 75.4 Å². The van der Waals surface area contributed by atoms with Crippen molar-refractivity contribution in [3.05, 3.63) is 0 Å². The van der Waals surface area contributed by atoms with Gasteiger partial charge >= 0.3 is 13.5 Å². The van der Waals surface area contributed by atoms with Crippen LogP contribution in [0.15, 0.2) is 4.76 Å². The molecule has 0 saturated carbocycles. The van der Waals surface area contributed by atoms with Gasteiger partial charge in [0.1, 0.15) is 6.54 Å². The van der Waals surface area contributed by atoms with E-state index in [1.165, 1.54) is 7.05 Å². The Morgan fingerprint density at radius 2 is 2.15 bits per heavy atom. The molecule has 8 heteroatoms. The first-order chi connectivity index (χ1) is 5.72. The molecule has 1 unspecified atom stereocenters. The van der Waals surface area contributed by atoms with Crippen LogP contribution in [0.3, 0.4) is 0 Å². The van der Waals surface area contributed by atoms with Crippen molar-refractivity contribution in [2.75, 3.05) is 20.3 Å². The predicted molar refractivity (Wildman–Crippen MR) is 47.6 cm³/mol. The van der Waals surface area contributed by atoms with E-state index >= 15 is 0 Å². The molecule has 76 valence electrons. The second-order valence-electron chi connectivity index (χ2n) is 2.54. The molecule has 1 atom stereocenters. The van der Waals surface area contributed by atoms with Crippen molar-refractivity contribution in [1.82, 2.24) is 4.90 Å². The molecule has 0 radical (unpaired) electrons. The molecule has 0 heterocycles. The van der Waals surface area contributed by atoms with Gasteiger partial charge in [-0.15, -0.1) is 0 Å². The zero-order chi connectivity index (χ0) is 10.6. The third-order valence-corrected chi connectivity index (χ3v) is 1.63. The second-order valence-corrected chi connectivity index (χ2v) is 4.41. The fraction of sp³-hybridized carbons (Fsp3) is 0.600. The summed E-state index contributed by atoms with van der Waals surface area (Å²) in [5.74, 6) is -1.36. The second kappa shape index (κ2) is 4.25. The summed E-state index contributed by atoms with van der Waals surface area (Å²) in [4.78, 5) is 20.0. The Kier molecular flexibility index (Phi) is 3.90. The standard InChI is InChI=1S/C5H12N3O4P/c1-8(3-4(9)10)5(6)7-13(2,11)12/h3H2,1-2H3,(H,9,10)(H3,6,7,11,12). The molecule has 0 aliphatic heterocycles. The third-order valence-electron chi connectivity index (χ3n) is 1.05. The number of rotatable bonds is 3. The summed E-state index contributed by atoms with van der Waals surface area (Å²) in [6.45, 7) is 0.643. The molecule has 0 spiro atoms. The zero-order valence-corrected chi connectivity index (χ0v) is 8.23. The maximum absolute atomic E-state index is 10.7. The van der Waals surface area contributed by atoms with E-state index < -0.39 is 13.5 Å².